The maximum atomic E-state index is 13.2. The average molecular weight is 364 g/mol. The maximum absolute atomic E-state index is 13.2. The van der Waals surface area contributed by atoms with Crippen LogP contribution >= 0.6 is 0 Å². The molecule has 0 radical (unpaired) electrons. The van der Waals surface area contributed by atoms with E-state index in [1.807, 2.05) is 41.8 Å². The SMILES string of the molecule is Cc1cc(CN2CCCC2c2nc3ccccc3c(=O)n2CC2CC2)on1. The molecule has 1 saturated heterocycles. The lowest BCUT2D eigenvalue weighted by Gasteiger charge is -2.25. The van der Waals surface area contributed by atoms with Crippen molar-refractivity contribution in [2.75, 3.05) is 6.54 Å². The minimum Gasteiger partial charge on any atom is -0.360 e. The fourth-order valence-electron chi connectivity index (χ4n) is 4.17. The Kier molecular flexibility index (Phi) is 4.08. The number of benzene rings is 1. The Hall–Kier alpha value is -2.47. The largest absolute Gasteiger partial charge is 0.360 e. The summed E-state index contributed by atoms with van der Waals surface area (Å²) < 4.78 is 7.38. The second-order valence-corrected chi connectivity index (χ2v) is 7.91. The molecule has 1 aliphatic heterocycles. The van der Waals surface area contributed by atoms with Crippen LogP contribution in [0.25, 0.3) is 10.9 Å². The van der Waals surface area contributed by atoms with E-state index in [2.05, 4.69) is 10.1 Å². The van der Waals surface area contributed by atoms with E-state index in [4.69, 9.17) is 9.51 Å². The first-order valence-corrected chi connectivity index (χ1v) is 9.85. The van der Waals surface area contributed by atoms with Gasteiger partial charge in [-0.3, -0.25) is 14.3 Å². The van der Waals surface area contributed by atoms with Crippen LogP contribution in [-0.2, 0) is 13.1 Å². The first kappa shape index (κ1) is 16.7. The van der Waals surface area contributed by atoms with Gasteiger partial charge in [-0.25, -0.2) is 4.98 Å². The third-order valence-corrected chi connectivity index (χ3v) is 5.73. The summed E-state index contributed by atoms with van der Waals surface area (Å²) >= 11 is 0. The van der Waals surface area contributed by atoms with Crippen LogP contribution in [-0.4, -0.2) is 26.2 Å². The first-order chi connectivity index (χ1) is 13.2. The van der Waals surface area contributed by atoms with Gasteiger partial charge < -0.3 is 4.52 Å². The Morgan fingerprint density at radius 2 is 2.07 bits per heavy atom. The number of fused-ring (bicyclic) bond motifs is 1. The van der Waals surface area contributed by atoms with Gasteiger partial charge in [0.05, 0.1) is 29.2 Å². The topological polar surface area (TPSA) is 64.2 Å². The number of rotatable bonds is 5. The van der Waals surface area contributed by atoms with Crippen molar-refractivity contribution in [2.45, 2.75) is 51.7 Å². The van der Waals surface area contributed by atoms with E-state index >= 15 is 0 Å². The van der Waals surface area contributed by atoms with Crippen LogP contribution in [0.2, 0.25) is 0 Å². The van der Waals surface area contributed by atoms with E-state index in [0.29, 0.717) is 12.5 Å². The molecule has 1 atom stereocenters. The Balaban J connectivity index is 1.56. The molecule has 1 saturated carbocycles. The predicted octanol–water partition coefficient (Wildman–Crippen LogP) is 3.44. The predicted molar refractivity (Wildman–Crippen MR) is 102 cm³/mol. The van der Waals surface area contributed by atoms with Gasteiger partial charge in [-0.15, -0.1) is 0 Å². The maximum Gasteiger partial charge on any atom is 0.261 e. The molecule has 1 unspecified atom stereocenters. The summed E-state index contributed by atoms with van der Waals surface area (Å²) in [6, 6.07) is 9.84. The van der Waals surface area contributed by atoms with Gasteiger partial charge in [0, 0.05) is 12.6 Å². The molecular weight excluding hydrogens is 340 g/mol. The highest BCUT2D eigenvalue weighted by molar-refractivity contribution is 5.77. The quantitative estimate of drug-likeness (QED) is 0.694. The lowest BCUT2D eigenvalue weighted by Crippen LogP contribution is -2.32. The monoisotopic (exact) mass is 364 g/mol. The highest BCUT2D eigenvalue weighted by Crippen LogP contribution is 2.35. The van der Waals surface area contributed by atoms with Gasteiger partial charge in [0.25, 0.3) is 5.56 Å². The van der Waals surface area contributed by atoms with E-state index in [9.17, 15) is 4.79 Å². The summed E-state index contributed by atoms with van der Waals surface area (Å²) in [5.41, 5.74) is 1.80. The standard InChI is InChI=1S/C21H24N4O2/c1-14-11-16(27-23-14)13-24-10-4-7-19(24)20-22-18-6-3-2-5-17(18)21(26)25(20)12-15-8-9-15/h2-3,5-6,11,15,19H,4,7-10,12-13H2,1H3. The van der Waals surface area contributed by atoms with Crippen molar-refractivity contribution in [3.05, 3.63) is 58.0 Å². The minimum atomic E-state index is 0.102. The Bertz CT molecular complexity index is 1030. The third kappa shape index (κ3) is 3.18. The molecule has 3 aromatic rings. The normalized spacial score (nSPS) is 20.6. The number of nitrogens with zero attached hydrogens (tertiary/aromatic N) is 4. The summed E-state index contributed by atoms with van der Waals surface area (Å²) in [4.78, 5) is 20.6. The molecule has 6 heteroatoms. The van der Waals surface area contributed by atoms with Gasteiger partial charge in [0.1, 0.15) is 5.82 Å². The smallest absolute Gasteiger partial charge is 0.261 e. The molecule has 5 rings (SSSR count). The van der Waals surface area contributed by atoms with Gasteiger partial charge in [-0.2, -0.15) is 0 Å². The van der Waals surface area contributed by atoms with Crippen LogP contribution in [0.1, 0.15) is 49.0 Å². The molecule has 140 valence electrons. The van der Waals surface area contributed by atoms with Gasteiger partial charge >= 0.3 is 0 Å². The molecule has 1 aliphatic carbocycles. The second kappa shape index (κ2) is 6.60. The summed E-state index contributed by atoms with van der Waals surface area (Å²) in [6.45, 7) is 4.42. The molecular formula is C21H24N4O2. The molecule has 27 heavy (non-hydrogen) atoms. The van der Waals surface area contributed by atoms with Gasteiger partial charge in [0.2, 0.25) is 0 Å². The van der Waals surface area contributed by atoms with E-state index in [1.165, 1.54) is 12.8 Å². The van der Waals surface area contributed by atoms with Crippen LogP contribution < -0.4 is 5.56 Å². The molecule has 0 bridgehead atoms. The summed E-state index contributed by atoms with van der Waals surface area (Å²) in [6.07, 6.45) is 4.54. The Labute approximate surface area is 157 Å². The van der Waals surface area contributed by atoms with Crippen LogP contribution in [0.4, 0.5) is 0 Å². The highest BCUT2D eigenvalue weighted by Gasteiger charge is 2.33. The van der Waals surface area contributed by atoms with Crippen LogP contribution in [0, 0.1) is 12.8 Å². The van der Waals surface area contributed by atoms with Crippen LogP contribution in [0.5, 0.6) is 0 Å². The number of hydrogen-bond donors (Lipinski definition) is 0. The van der Waals surface area contributed by atoms with Crippen LogP contribution in [0.15, 0.2) is 39.6 Å². The number of aromatic nitrogens is 3. The zero-order chi connectivity index (χ0) is 18.4. The van der Waals surface area contributed by atoms with Gasteiger partial charge in [-0.05, 0) is 57.2 Å². The van der Waals surface area contributed by atoms with Crippen molar-refractivity contribution in [1.29, 1.82) is 0 Å². The van der Waals surface area contributed by atoms with Crippen molar-refractivity contribution in [2.24, 2.45) is 5.92 Å². The van der Waals surface area contributed by atoms with Crippen molar-refractivity contribution >= 4 is 10.9 Å². The summed E-state index contributed by atoms with van der Waals surface area (Å²) in [7, 11) is 0. The molecule has 6 nitrogen and oxygen atoms in total. The van der Waals surface area contributed by atoms with E-state index in [0.717, 1.165) is 54.1 Å². The van der Waals surface area contributed by atoms with Crippen LogP contribution in [0.3, 0.4) is 0 Å². The minimum absolute atomic E-state index is 0.102. The van der Waals surface area contributed by atoms with Crippen molar-refractivity contribution in [3.63, 3.8) is 0 Å². The van der Waals surface area contributed by atoms with Crippen molar-refractivity contribution < 1.29 is 4.52 Å². The summed E-state index contributed by atoms with van der Waals surface area (Å²) in [5, 5.41) is 4.72. The Morgan fingerprint density at radius 1 is 1.22 bits per heavy atom. The zero-order valence-electron chi connectivity index (χ0n) is 15.6. The fourth-order valence-corrected chi connectivity index (χ4v) is 4.17. The van der Waals surface area contributed by atoms with E-state index in [-0.39, 0.29) is 11.6 Å². The summed E-state index contributed by atoms with van der Waals surface area (Å²) in [5.74, 6) is 2.41. The molecule has 0 spiro atoms. The molecule has 0 amide bonds. The van der Waals surface area contributed by atoms with Crippen molar-refractivity contribution in [3.8, 4) is 0 Å². The van der Waals surface area contributed by atoms with E-state index < -0.39 is 0 Å². The lowest BCUT2D eigenvalue weighted by molar-refractivity contribution is 0.205. The lowest BCUT2D eigenvalue weighted by atomic mass is 10.1. The second-order valence-electron chi connectivity index (χ2n) is 7.91. The number of para-hydroxylation sites is 1. The molecule has 2 aromatic heterocycles. The highest BCUT2D eigenvalue weighted by atomic mass is 16.5. The van der Waals surface area contributed by atoms with Gasteiger partial charge in [0.15, 0.2) is 5.76 Å². The zero-order valence-corrected chi connectivity index (χ0v) is 15.6. The number of likely N-dealkylation sites (tertiary alicyclic amines) is 1. The molecule has 3 heterocycles. The third-order valence-electron chi connectivity index (χ3n) is 5.73. The number of aryl methyl sites for hydroxylation is 1. The van der Waals surface area contributed by atoms with Gasteiger partial charge in [-0.1, -0.05) is 17.3 Å². The Morgan fingerprint density at radius 3 is 2.85 bits per heavy atom. The van der Waals surface area contributed by atoms with Crippen molar-refractivity contribution in [1.82, 2.24) is 19.6 Å². The molecule has 1 aromatic carbocycles. The fraction of sp³-hybridized carbons (Fsp3) is 0.476. The first-order valence-electron chi connectivity index (χ1n) is 9.85. The van der Waals surface area contributed by atoms with E-state index in [1.54, 1.807) is 0 Å². The molecule has 2 aliphatic rings. The molecule has 2 fully saturated rings. The number of hydrogen-bond acceptors (Lipinski definition) is 5. The molecule has 0 N–H and O–H groups in total. The average Bonchev–Trinajstić information content (AvgIpc) is 3.22.